The number of nitriles is 1. The average Bonchev–Trinajstić information content (AvgIpc) is 2.67. The van der Waals surface area contributed by atoms with Crippen LogP contribution in [0.15, 0.2) is 72.8 Å². The second-order valence-corrected chi connectivity index (χ2v) is 6.39. The summed E-state index contributed by atoms with van der Waals surface area (Å²) in [6.45, 7) is 1.86. The van der Waals surface area contributed by atoms with E-state index in [9.17, 15) is 10.1 Å². The van der Waals surface area contributed by atoms with Crippen LogP contribution in [0.3, 0.4) is 0 Å². The second-order valence-electron chi connectivity index (χ2n) is 5.95. The van der Waals surface area contributed by atoms with Crippen molar-refractivity contribution in [2.75, 3.05) is 0 Å². The summed E-state index contributed by atoms with van der Waals surface area (Å²) in [7, 11) is 0. The first-order valence-corrected chi connectivity index (χ1v) is 8.70. The van der Waals surface area contributed by atoms with Crippen molar-refractivity contribution in [3.63, 3.8) is 0 Å². The van der Waals surface area contributed by atoms with E-state index in [-0.39, 0.29) is 0 Å². The molecule has 0 aromatic heterocycles. The minimum Gasteiger partial charge on any atom is -0.423 e. The SMILES string of the molecule is Cc1ccccc1C(=O)Oc1cccc(/C=C(/C#N)c2ccc(Cl)cc2)c1. The highest BCUT2D eigenvalue weighted by molar-refractivity contribution is 6.30. The molecule has 0 bridgehead atoms. The van der Waals surface area contributed by atoms with Crippen molar-refractivity contribution >= 4 is 29.2 Å². The molecule has 3 rings (SSSR count). The summed E-state index contributed by atoms with van der Waals surface area (Å²) in [5.74, 6) is 0.0119. The van der Waals surface area contributed by atoms with E-state index in [1.165, 1.54) is 0 Å². The van der Waals surface area contributed by atoms with Crippen molar-refractivity contribution in [3.05, 3.63) is 100 Å². The number of ether oxygens (including phenoxy) is 1. The summed E-state index contributed by atoms with van der Waals surface area (Å²) in [5.41, 5.74) is 3.40. The number of carbonyl (C=O) groups is 1. The van der Waals surface area contributed by atoms with E-state index >= 15 is 0 Å². The van der Waals surface area contributed by atoms with Gasteiger partial charge in [0.15, 0.2) is 0 Å². The molecule has 27 heavy (non-hydrogen) atoms. The molecular weight excluding hydrogens is 358 g/mol. The van der Waals surface area contributed by atoms with Gasteiger partial charge in [-0.1, -0.05) is 54.1 Å². The number of rotatable bonds is 4. The minimum atomic E-state index is -0.410. The maximum absolute atomic E-state index is 12.4. The van der Waals surface area contributed by atoms with Crippen LogP contribution in [0.2, 0.25) is 5.02 Å². The molecule has 0 fully saturated rings. The zero-order chi connectivity index (χ0) is 19.2. The molecule has 4 heteroatoms. The van der Waals surface area contributed by atoms with Gasteiger partial charge in [-0.25, -0.2) is 4.79 Å². The lowest BCUT2D eigenvalue weighted by molar-refractivity contribution is 0.0734. The van der Waals surface area contributed by atoms with Crippen LogP contribution in [-0.4, -0.2) is 5.97 Å². The Hall–Kier alpha value is -3.35. The second kappa shape index (κ2) is 8.35. The molecule has 132 valence electrons. The fraction of sp³-hybridized carbons (Fsp3) is 0.0435. The number of nitrogens with zero attached hydrogens (tertiary/aromatic N) is 1. The Kier molecular flexibility index (Phi) is 5.71. The maximum Gasteiger partial charge on any atom is 0.343 e. The summed E-state index contributed by atoms with van der Waals surface area (Å²) < 4.78 is 5.49. The predicted octanol–water partition coefficient (Wildman–Crippen LogP) is 5.93. The van der Waals surface area contributed by atoms with E-state index in [2.05, 4.69) is 6.07 Å². The van der Waals surface area contributed by atoms with Crippen LogP contribution in [0.25, 0.3) is 11.6 Å². The smallest absolute Gasteiger partial charge is 0.343 e. The molecule has 3 aromatic rings. The first-order chi connectivity index (χ1) is 13.1. The molecular formula is C23H16ClNO2. The van der Waals surface area contributed by atoms with Gasteiger partial charge < -0.3 is 4.74 Å². The van der Waals surface area contributed by atoms with Crippen molar-refractivity contribution in [3.8, 4) is 11.8 Å². The van der Waals surface area contributed by atoms with Gasteiger partial charge in [-0.15, -0.1) is 0 Å². The Balaban J connectivity index is 1.85. The molecule has 0 heterocycles. The van der Waals surface area contributed by atoms with Gasteiger partial charge in [0.2, 0.25) is 0 Å². The van der Waals surface area contributed by atoms with Crippen molar-refractivity contribution in [2.45, 2.75) is 6.92 Å². The molecule has 0 aliphatic carbocycles. The molecule has 0 aliphatic heterocycles. The molecule has 0 aliphatic rings. The maximum atomic E-state index is 12.4. The Morgan fingerprint density at radius 3 is 2.48 bits per heavy atom. The summed E-state index contributed by atoms with van der Waals surface area (Å²) in [4.78, 5) is 12.4. The highest BCUT2D eigenvalue weighted by atomic mass is 35.5. The summed E-state index contributed by atoms with van der Waals surface area (Å²) in [6.07, 6.45) is 1.74. The number of allylic oxidation sites excluding steroid dienone is 1. The van der Waals surface area contributed by atoms with Gasteiger partial charge in [0.25, 0.3) is 0 Å². The molecule has 3 nitrogen and oxygen atoms in total. The molecule has 0 N–H and O–H groups in total. The van der Waals surface area contributed by atoms with E-state index in [1.807, 2.05) is 25.1 Å². The van der Waals surface area contributed by atoms with Gasteiger partial charge in [0.05, 0.1) is 17.2 Å². The Bertz CT molecular complexity index is 1050. The lowest BCUT2D eigenvalue weighted by Crippen LogP contribution is -2.10. The topological polar surface area (TPSA) is 50.1 Å². The van der Waals surface area contributed by atoms with Gasteiger partial charge in [-0.2, -0.15) is 5.26 Å². The number of hydrogen-bond acceptors (Lipinski definition) is 3. The van der Waals surface area contributed by atoms with Crippen LogP contribution in [-0.2, 0) is 0 Å². The van der Waals surface area contributed by atoms with Gasteiger partial charge in [-0.3, -0.25) is 0 Å². The fourth-order valence-electron chi connectivity index (χ4n) is 2.61. The normalized spacial score (nSPS) is 10.9. The van der Waals surface area contributed by atoms with Crippen LogP contribution in [0, 0.1) is 18.3 Å². The number of carbonyl (C=O) groups excluding carboxylic acids is 1. The summed E-state index contributed by atoms with van der Waals surface area (Å²) in [5, 5.41) is 10.1. The van der Waals surface area contributed by atoms with Crippen LogP contribution in [0.4, 0.5) is 0 Å². The van der Waals surface area contributed by atoms with Gasteiger partial charge in [-0.05, 0) is 60.0 Å². The standard InChI is InChI=1S/C23H16ClNO2/c1-16-5-2-3-8-22(16)23(26)27-21-7-4-6-17(14-21)13-19(15-25)18-9-11-20(24)12-10-18/h2-14H,1H3/b19-13-. The third kappa shape index (κ3) is 4.63. The molecule has 0 radical (unpaired) electrons. The van der Waals surface area contributed by atoms with Crippen LogP contribution in [0.5, 0.6) is 5.75 Å². The van der Waals surface area contributed by atoms with E-state index in [4.69, 9.17) is 16.3 Å². The lowest BCUT2D eigenvalue weighted by atomic mass is 10.0. The predicted molar refractivity (Wildman–Crippen MR) is 108 cm³/mol. The summed E-state index contributed by atoms with van der Waals surface area (Å²) >= 11 is 5.90. The number of aryl methyl sites for hydroxylation is 1. The van der Waals surface area contributed by atoms with Gasteiger partial charge in [0.1, 0.15) is 5.75 Å². The highest BCUT2D eigenvalue weighted by Crippen LogP contribution is 2.23. The monoisotopic (exact) mass is 373 g/mol. The van der Waals surface area contributed by atoms with Crippen LogP contribution in [0.1, 0.15) is 27.0 Å². The largest absolute Gasteiger partial charge is 0.423 e. The first kappa shape index (κ1) is 18.4. The minimum absolute atomic E-state index is 0.410. The first-order valence-electron chi connectivity index (χ1n) is 8.32. The van der Waals surface area contributed by atoms with Crippen molar-refractivity contribution in [2.24, 2.45) is 0 Å². The molecule has 0 saturated heterocycles. The number of halogens is 1. The van der Waals surface area contributed by atoms with E-state index in [0.717, 1.165) is 16.7 Å². The van der Waals surface area contributed by atoms with Crippen molar-refractivity contribution < 1.29 is 9.53 Å². The molecule has 0 atom stereocenters. The fourth-order valence-corrected chi connectivity index (χ4v) is 2.73. The average molecular weight is 374 g/mol. The molecule has 0 unspecified atom stereocenters. The zero-order valence-corrected chi connectivity index (χ0v) is 15.4. The van der Waals surface area contributed by atoms with E-state index < -0.39 is 5.97 Å². The number of benzene rings is 3. The van der Waals surface area contributed by atoms with E-state index in [0.29, 0.717) is 21.9 Å². The third-order valence-electron chi connectivity index (χ3n) is 4.02. The van der Waals surface area contributed by atoms with Crippen molar-refractivity contribution in [1.82, 2.24) is 0 Å². The van der Waals surface area contributed by atoms with Crippen molar-refractivity contribution in [1.29, 1.82) is 5.26 Å². The van der Waals surface area contributed by atoms with Gasteiger partial charge in [0, 0.05) is 5.02 Å². The number of esters is 1. The Morgan fingerprint density at radius 1 is 1.04 bits per heavy atom. The quantitative estimate of drug-likeness (QED) is 0.246. The van der Waals surface area contributed by atoms with Gasteiger partial charge >= 0.3 is 5.97 Å². The van der Waals surface area contributed by atoms with Crippen LogP contribution >= 0.6 is 11.6 Å². The molecule has 0 amide bonds. The Labute approximate surface area is 163 Å². The molecule has 0 spiro atoms. The van der Waals surface area contributed by atoms with Crippen LogP contribution < -0.4 is 4.74 Å². The third-order valence-corrected chi connectivity index (χ3v) is 4.27. The summed E-state index contributed by atoms with van der Waals surface area (Å²) in [6, 6.07) is 23.6. The lowest BCUT2D eigenvalue weighted by Gasteiger charge is -2.07. The highest BCUT2D eigenvalue weighted by Gasteiger charge is 2.11. The van der Waals surface area contributed by atoms with E-state index in [1.54, 1.807) is 60.7 Å². The Morgan fingerprint density at radius 2 is 1.78 bits per heavy atom. The number of hydrogen-bond donors (Lipinski definition) is 0. The molecule has 3 aromatic carbocycles. The zero-order valence-electron chi connectivity index (χ0n) is 14.6. The molecule has 0 saturated carbocycles.